The molecule has 0 saturated carbocycles. The third-order valence-electron chi connectivity index (χ3n) is 5.38. The lowest BCUT2D eigenvalue weighted by molar-refractivity contribution is 0.112. The van der Waals surface area contributed by atoms with E-state index in [1.165, 1.54) is 5.56 Å². The summed E-state index contributed by atoms with van der Waals surface area (Å²) < 4.78 is 0. The van der Waals surface area contributed by atoms with Crippen LogP contribution in [0, 0.1) is 0 Å². The molecule has 0 aliphatic heterocycles. The van der Waals surface area contributed by atoms with Crippen molar-refractivity contribution in [2.24, 2.45) is 0 Å². The first-order valence-electron chi connectivity index (χ1n) is 10.4. The average Bonchev–Trinajstić information content (AvgIpc) is 3.28. The zero-order valence-corrected chi connectivity index (χ0v) is 17.3. The van der Waals surface area contributed by atoms with Crippen molar-refractivity contribution < 1.29 is 4.79 Å². The molecule has 0 radical (unpaired) electrons. The second-order valence-electron chi connectivity index (χ2n) is 7.49. The molecule has 0 spiro atoms. The molecule has 0 atom stereocenters. The molecule has 0 bridgehead atoms. The third kappa shape index (κ3) is 4.11. The topological polar surface area (TPSA) is 83.6 Å². The number of hydrogen-bond donors (Lipinski definition) is 2. The van der Waals surface area contributed by atoms with E-state index in [0.717, 1.165) is 52.7 Å². The highest BCUT2D eigenvalue weighted by molar-refractivity contribution is 5.95. The second-order valence-corrected chi connectivity index (χ2v) is 7.49. The number of carbonyl (C=O) groups excluding carboxylic acids is 1. The van der Waals surface area contributed by atoms with Crippen molar-refractivity contribution in [3.8, 4) is 22.4 Å². The number of H-pyrrole nitrogens is 1. The second kappa shape index (κ2) is 8.81. The lowest BCUT2D eigenvalue weighted by atomic mass is 10.0. The summed E-state index contributed by atoms with van der Waals surface area (Å²) in [5.41, 5.74) is 6.49. The van der Waals surface area contributed by atoms with E-state index in [1.807, 2.05) is 60.9 Å². The molecular weight excluding hydrogens is 398 g/mol. The van der Waals surface area contributed by atoms with E-state index in [-0.39, 0.29) is 0 Å². The molecule has 3 aromatic heterocycles. The van der Waals surface area contributed by atoms with Crippen LogP contribution in [0.15, 0.2) is 85.3 Å². The Kier molecular flexibility index (Phi) is 5.41. The van der Waals surface area contributed by atoms with Gasteiger partial charge in [-0.2, -0.15) is 0 Å². The number of pyridine rings is 1. The van der Waals surface area contributed by atoms with Gasteiger partial charge in [0.1, 0.15) is 11.9 Å². The third-order valence-corrected chi connectivity index (χ3v) is 5.38. The number of nitrogens with one attached hydrogen (secondary N) is 2. The van der Waals surface area contributed by atoms with Crippen molar-refractivity contribution in [2.75, 3.05) is 11.9 Å². The van der Waals surface area contributed by atoms with Gasteiger partial charge in [0.05, 0.1) is 5.69 Å². The van der Waals surface area contributed by atoms with Gasteiger partial charge in [0.15, 0.2) is 0 Å². The molecule has 156 valence electrons. The number of hydrogen-bond acceptors (Lipinski definition) is 5. The van der Waals surface area contributed by atoms with E-state index in [4.69, 9.17) is 4.98 Å². The van der Waals surface area contributed by atoms with E-state index in [1.54, 1.807) is 6.20 Å². The van der Waals surface area contributed by atoms with Gasteiger partial charge < -0.3 is 10.3 Å². The largest absolute Gasteiger partial charge is 0.354 e. The van der Waals surface area contributed by atoms with Gasteiger partial charge in [-0.15, -0.1) is 0 Å². The first-order chi connectivity index (χ1) is 15.8. The summed E-state index contributed by atoms with van der Waals surface area (Å²) in [6, 6.07) is 21.8. The first-order valence-corrected chi connectivity index (χ1v) is 10.4. The van der Waals surface area contributed by atoms with Gasteiger partial charge >= 0.3 is 0 Å². The molecule has 5 rings (SSSR count). The fourth-order valence-electron chi connectivity index (χ4n) is 3.68. The monoisotopic (exact) mass is 419 g/mol. The van der Waals surface area contributed by atoms with Gasteiger partial charge in [-0.1, -0.05) is 54.6 Å². The van der Waals surface area contributed by atoms with Crippen LogP contribution in [0.4, 0.5) is 5.95 Å². The Morgan fingerprint density at radius 3 is 2.59 bits per heavy atom. The summed E-state index contributed by atoms with van der Waals surface area (Å²) in [7, 11) is 0. The van der Waals surface area contributed by atoms with Gasteiger partial charge in [0, 0.05) is 47.2 Å². The number of aldehydes is 1. The highest BCUT2D eigenvalue weighted by Gasteiger charge is 2.11. The number of benzene rings is 2. The summed E-state index contributed by atoms with van der Waals surface area (Å²) in [6.07, 6.45) is 7.26. The molecule has 2 aromatic carbocycles. The summed E-state index contributed by atoms with van der Waals surface area (Å²) in [6.45, 7) is 0.754. The number of nitrogens with zero attached hydrogens (tertiary/aromatic N) is 3. The predicted molar refractivity (Wildman–Crippen MR) is 127 cm³/mol. The van der Waals surface area contributed by atoms with Crippen LogP contribution in [-0.2, 0) is 6.42 Å². The van der Waals surface area contributed by atoms with Crippen LogP contribution in [-0.4, -0.2) is 32.8 Å². The molecule has 0 amide bonds. The molecule has 6 heteroatoms. The van der Waals surface area contributed by atoms with E-state index in [0.29, 0.717) is 11.5 Å². The minimum absolute atomic E-state index is 0.598. The number of fused-ring (bicyclic) bond motifs is 1. The van der Waals surface area contributed by atoms with Gasteiger partial charge in [-0.3, -0.25) is 4.79 Å². The van der Waals surface area contributed by atoms with Crippen molar-refractivity contribution in [3.63, 3.8) is 0 Å². The molecule has 6 nitrogen and oxygen atoms in total. The maximum atomic E-state index is 10.9. The van der Waals surface area contributed by atoms with Gasteiger partial charge in [0.25, 0.3) is 0 Å². The number of aromatic amines is 1. The Morgan fingerprint density at radius 2 is 1.78 bits per heavy atom. The van der Waals surface area contributed by atoms with Crippen molar-refractivity contribution in [1.29, 1.82) is 0 Å². The average molecular weight is 419 g/mol. The van der Waals surface area contributed by atoms with Crippen LogP contribution in [0.2, 0.25) is 0 Å². The fraction of sp³-hybridized carbons (Fsp3) is 0.0769. The standard InChI is InChI=1S/C26H21N5O/c32-17-19-6-8-20(9-7-19)21-14-22-23(16-30-25(22)29-15-21)24-11-13-28-26(31-24)27-12-10-18-4-2-1-3-5-18/h1-9,11,13-17H,10,12H2,(H,29,30)(H,27,28,31). The molecule has 32 heavy (non-hydrogen) atoms. The molecule has 2 N–H and O–H groups in total. The van der Waals surface area contributed by atoms with Crippen molar-refractivity contribution >= 4 is 23.3 Å². The SMILES string of the molecule is O=Cc1ccc(-c2cnc3[nH]cc(-c4ccnc(NCCc5ccccc5)n4)c3c2)cc1. The normalized spacial score (nSPS) is 10.9. The van der Waals surface area contributed by atoms with Crippen LogP contribution >= 0.6 is 0 Å². The maximum Gasteiger partial charge on any atom is 0.223 e. The quantitative estimate of drug-likeness (QED) is 0.356. The lowest BCUT2D eigenvalue weighted by Gasteiger charge is -2.07. The van der Waals surface area contributed by atoms with E-state index < -0.39 is 0 Å². The van der Waals surface area contributed by atoms with Gasteiger partial charge in [0.2, 0.25) is 5.95 Å². The summed E-state index contributed by atoms with van der Waals surface area (Å²) in [4.78, 5) is 27.8. The Labute approximate surface area is 185 Å². The van der Waals surface area contributed by atoms with Crippen LogP contribution in [0.25, 0.3) is 33.4 Å². The Bertz CT molecular complexity index is 1360. The zero-order valence-electron chi connectivity index (χ0n) is 17.3. The van der Waals surface area contributed by atoms with E-state index in [9.17, 15) is 4.79 Å². The van der Waals surface area contributed by atoms with Crippen LogP contribution < -0.4 is 5.32 Å². The van der Waals surface area contributed by atoms with Crippen molar-refractivity contribution in [2.45, 2.75) is 6.42 Å². The number of rotatable bonds is 7. The highest BCUT2D eigenvalue weighted by atomic mass is 16.1. The smallest absolute Gasteiger partial charge is 0.223 e. The Balaban J connectivity index is 1.40. The number of carbonyl (C=O) groups is 1. The summed E-state index contributed by atoms with van der Waals surface area (Å²) >= 11 is 0. The molecule has 0 fully saturated rings. The Hall–Kier alpha value is -4.32. The highest BCUT2D eigenvalue weighted by Crippen LogP contribution is 2.30. The minimum atomic E-state index is 0.598. The first kappa shape index (κ1) is 19.6. The molecule has 0 unspecified atom stereocenters. The van der Waals surface area contributed by atoms with E-state index in [2.05, 4.69) is 38.5 Å². The minimum Gasteiger partial charge on any atom is -0.354 e. The molecular formula is C26H21N5O. The summed E-state index contributed by atoms with van der Waals surface area (Å²) in [5, 5.41) is 4.30. The van der Waals surface area contributed by atoms with Crippen LogP contribution in [0.5, 0.6) is 0 Å². The Morgan fingerprint density at radius 1 is 0.938 bits per heavy atom. The number of aromatic nitrogens is 4. The maximum absolute atomic E-state index is 10.9. The molecule has 0 aliphatic carbocycles. The van der Waals surface area contributed by atoms with Crippen molar-refractivity contribution in [3.05, 3.63) is 96.4 Å². The van der Waals surface area contributed by atoms with E-state index >= 15 is 0 Å². The zero-order chi connectivity index (χ0) is 21.8. The fourth-order valence-corrected chi connectivity index (χ4v) is 3.68. The number of anilines is 1. The van der Waals surface area contributed by atoms with Gasteiger partial charge in [-0.05, 0) is 29.7 Å². The molecule has 0 aliphatic rings. The predicted octanol–water partition coefficient (Wildman–Crippen LogP) is 5.15. The van der Waals surface area contributed by atoms with Crippen LogP contribution in [0.3, 0.4) is 0 Å². The lowest BCUT2D eigenvalue weighted by Crippen LogP contribution is -2.08. The van der Waals surface area contributed by atoms with Crippen LogP contribution in [0.1, 0.15) is 15.9 Å². The molecule has 3 heterocycles. The summed E-state index contributed by atoms with van der Waals surface area (Å²) in [5.74, 6) is 0.598. The van der Waals surface area contributed by atoms with Crippen molar-refractivity contribution in [1.82, 2.24) is 19.9 Å². The van der Waals surface area contributed by atoms with Gasteiger partial charge in [-0.25, -0.2) is 15.0 Å². The molecule has 5 aromatic rings. The molecule has 0 saturated heterocycles.